The van der Waals surface area contributed by atoms with E-state index in [4.69, 9.17) is 21.1 Å². The quantitative estimate of drug-likeness (QED) is 0.647. The molecule has 1 aliphatic heterocycles. The Morgan fingerprint density at radius 2 is 2.00 bits per heavy atom. The van der Waals surface area contributed by atoms with Crippen LogP contribution in [0.5, 0.6) is 11.5 Å². The van der Waals surface area contributed by atoms with Crippen LogP contribution < -0.4 is 20.1 Å². The van der Waals surface area contributed by atoms with Gasteiger partial charge in [0.15, 0.2) is 17.5 Å². The molecule has 0 saturated carbocycles. The maximum absolute atomic E-state index is 12.1. The number of rotatable bonds is 4. The van der Waals surface area contributed by atoms with Crippen molar-refractivity contribution in [3.05, 3.63) is 22.7 Å². The molecule has 0 fully saturated rings. The maximum atomic E-state index is 12.1. The predicted molar refractivity (Wildman–Crippen MR) is 81.3 cm³/mol. The van der Waals surface area contributed by atoms with Crippen molar-refractivity contribution in [2.24, 2.45) is 4.99 Å². The minimum Gasteiger partial charge on any atom is -0.486 e. The molecule has 0 amide bonds. The molecule has 5 nitrogen and oxygen atoms in total. The molecule has 1 heterocycles. The first-order chi connectivity index (χ1) is 10.9. The van der Waals surface area contributed by atoms with Crippen molar-refractivity contribution >= 4 is 17.6 Å². The Bertz CT molecular complexity index is 579. The summed E-state index contributed by atoms with van der Waals surface area (Å²) in [4.78, 5) is 3.87. The van der Waals surface area contributed by atoms with E-state index >= 15 is 0 Å². The lowest BCUT2D eigenvalue weighted by molar-refractivity contribution is -0.132. The molecular formula is C14H17ClF3N3O2. The number of nitrogens with one attached hydrogen (secondary N) is 2. The van der Waals surface area contributed by atoms with E-state index in [-0.39, 0.29) is 12.5 Å². The molecule has 2 rings (SSSR count). The third-order valence-electron chi connectivity index (χ3n) is 3.04. The highest BCUT2D eigenvalue weighted by Crippen LogP contribution is 2.38. The summed E-state index contributed by atoms with van der Waals surface area (Å²) in [7, 11) is 1.49. The van der Waals surface area contributed by atoms with Crippen molar-refractivity contribution in [2.75, 3.05) is 26.8 Å². The van der Waals surface area contributed by atoms with Crippen LogP contribution in [0.4, 0.5) is 13.2 Å². The van der Waals surface area contributed by atoms with Crippen molar-refractivity contribution in [1.29, 1.82) is 0 Å². The molecule has 0 saturated heterocycles. The van der Waals surface area contributed by atoms with Gasteiger partial charge < -0.3 is 20.1 Å². The number of benzene rings is 1. The van der Waals surface area contributed by atoms with Crippen LogP contribution in [0, 0.1) is 0 Å². The van der Waals surface area contributed by atoms with Gasteiger partial charge >= 0.3 is 6.18 Å². The summed E-state index contributed by atoms with van der Waals surface area (Å²) in [5.74, 6) is 1.34. The van der Waals surface area contributed by atoms with E-state index < -0.39 is 12.6 Å². The molecular weight excluding hydrogens is 335 g/mol. The molecule has 0 unspecified atom stereocenters. The summed E-state index contributed by atoms with van der Waals surface area (Å²) < 4.78 is 47.3. The van der Waals surface area contributed by atoms with Crippen molar-refractivity contribution in [2.45, 2.75) is 19.1 Å². The zero-order chi connectivity index (χ0) is 16.9. The van der Waals surface area contributed by atoms with Crippen LogP contribution in [0.3, 0.4) is 0 Å². The molecule has 2 N–H and O–H groups in total. The monoisotopic (exact) mass is 351 g/mol. The van der Waals surface area contributed by atoms with Gasteiger partial charge in [0.25, 0.3) is 0 Å². The molecule has 1 aromatic rings. The van der Waals surface area contributed by atoms with Gasteiger partial charge in [0, 0.05) is 20.1 Å². The fourth-order valence-electron chi connectivity index (χ4n) is 2.00. The molecule has 128 valence electrons. The Balaban J connectivity index is 1.90. The lowest BCUT2D eigenvalue weighted by atomic mass is 10.2. The normalized spacial score (nSPS) is 14.6. The van der Waals surface area contributed by atoms with Crippen LogP contribution in [0.15, 0.2) is 17.1 Å². The average Bonchev–Trinajstić information content (AvgIpc) is 2.49. The SMILES string of the molecule is CN=C(NCCC(F)(F)F)NCc1cc(Cl)c2c(c1)OCCO2. The smallest absolute Gasteiger partial charge is 0.390 e. The summed E-state index contributed by atoms with van der Waals surface area (Å²) in [6, 6.07) is 3.49. The van der Waals surface area contributed by atoms with Gasteiger partial charge in [-0.2, -0.15) is 13.2 Å². The number of aliphatic imine (C=N–C) groups is 1. The van der Waals surface area contributed by atoms with Crippen LogP contribution in [-0.4, -0.2) is 38.9 Å². The third kappa shape index (κ3) is 5.38. The van der Waals surface area contributed by atoms with Crippen LogP contribution in [0.1, 0.15) is 12.0 Å². The number of alkyl halides is 3. The zero-order valence-corrected chi connectivity index (χ0v) is 13.2. The van der Waals surface area contributed by atoms with E-state index in [0.29, 0.717) is 36.3 Å². The Morgan fingerprint density at radius 3 is 2.70 bits per heavy atom. The van der Waals surface area contributed by atoms with Crippen molar-refractivity contribution in [1.82, 2.24) is 10.6 Å². The summed E-state index contributed by atoms with van der Waals surface area (Å²) in [5.41, 5.74) is 0.804. The van der Waals surface area contributed by atoms with Crippen molar-refractivity contribution in [3.8, 4) is 11.5 Å². The molecule has 9 heteroatoms. The minimum atomic E-state index is -4.20. The first-order valence-electron chi connectivity index (χ1n) is 6.98. The summed E-state index contributed by atoms with van der Waals surface area (Å²) in [6.07, 6.45) is -5.13. The van der Waals surface area contributed by atoms with E-state index in [2.05, 4.69) is 15.6 Å². The second-order valence-electron chi connectivity index (χ2n) is 4.82. The molecule has 23 heavy (non-hydrogen) atoms. The summed E-state index contributed by atoms with van der Waals surface area (Å²) >= 11 is 6.13. The zero-order valence-electron chi connectivity index (χ0n) is 12.5. The highest BCUT2D eigenvalue weighted by atomic mass is 35.5. The number of ether oxygens (including phenoxy) is 2. The second kappa shape index (κ2) is 7.63. The second-order valence-corrected chi connectivity index (χ2v) is 5.23. The highest BCUT2D eigenvalue weighted by molar-refractivity contribution is 6.32. The lowest BCUT2D eigenvalue weighted by Crippen LogP contribution is -2.38. The number of nitrogens with zero attached hydrogens (tertiary/aromatic N) is 1. The molecule has 0 bridgehead atoms. The average molecular weight is 352 g/mol. The van der Waals surface area contributed by atoms with Gasteiger partial charge in [0.2, 0.25) is 0 Å². The molecule has 0 atom stereocenters. The van der Waals surface area contributed by atoms with Gasteiger partial charge in [0.1, 0.15) is 13.2 Å². The van der Waals surface area contributed by atoms with Gasteiger partial charge in [-0.3, -0.25) is 4.99 Å². The largest absolute Gasteiger partial charge is 0.486 e. The van der Waals surface area contributed by atoms with Crippen LogP contribution in [-0.2, 0) is 6.54 Å². The molecule has 0 aromatic heterocycles. The Kier molecular flexibility index (Phi) is 5.81. The fourth-order valence-corrected chi connectivity index (χ4v) is 2.28. The maximum Gasteiger partial charge on any atom is 0.390 e. The van der Waals surface area contributed by atoms with Gasteiger partial charge in [0.05, 0.1) is 11.4 Å². The molecule has 0 aliphatic carbocycles. The number of hydrogen-bond donors (Lipinski definition) is 2. The first kappa shape index (κ1) is 17.5. The van der Waals surface area contributed by atoms with E-state index in [9.17, 15) is 13.2 Å². The highest BCUT2D eigenvalue weighted by Gasteiger charge is 2.26. The minimum absolute atomic E-state index is 0.245. The molecule has 0 spiro atoms. The van der Waals surface area contributed by atoms with E-state index in [0.717, 1.165) is 5.56 Å². The topological polar surface area (TPSA) is 54.9 Å². The first-order valence-corrected chi connectivity index (χ1v) is 7.36. The standard InChI is InChI=1S/C14H17ClF3N3O2/c1-19-13(20-3-2-14(16,17)18)21-8-9-6-10(15)12-11(7-9)22-4-5-23-12/h6-7H,2-5,8H2,1H3,(H2,19,20,21). The van der Waals surface area contributed by atoms with E-state index in [1.165, 1.54) is 7.05 Å². The Hall–Kier alpha value is -1.83. The van der Waals surface area contributed by atoms with Crippen LogP contribution in [0.25, 0.3) is 0 Å². The Labute approximate surface area is 136 Å². The van der Waals surface area contributed by atoms with Crippen LogP contribution in [0.2, 0.25) is 5.02 Å². The number of halogens is 4. The van der Waals surface area contributed by atoms with Crippen molar-refractivity contribution in [3.63, 3.8) is 0 Å². The van der Waals surface area contributed by atoms with E-state index in [1.807, 2.05) is 0 Å². The number of fused-ring (bicyclic) bond motifs is 1. The predicted octanol–water partition coefficient (Wildman–Crippen LogP) is 2.73. The van der Waals surface area contributed by atoms with Crippen molar-refractivity contribution < 1.29 is 22.6 Å². The lowest BCUT2D eigenvalue weighted by Gasteiger charge is -2.20. The van der Waals surface area contributed by atoms with Gasteiger partial charge in [-0.1, -0.05) is 11.6 Å². The van der Waals surface area contributed by atoms with Gasteiger partial charge in [-0.05, 0) is 17.7 Å². The summed E-state index contributed by atoms with van der Waals surface area (Å²) in [6.45, 7) is 0.980. The molecule has 0 radical (unpaired) electrons. The van der Waals surface area contributed by atoms with E-state index in [1.54, 1.807) is 12.1 Å². The van der Waals surface area contributed by atoms with Gasteiger partial charge in [-0.25, -0.2) is 0 Å². The van der Waals surface area contributed by atoms with Crippen LogP contribution >= 0.6 is 11.6 Å². The third-order valence-corrected chi connectivity index (χ3v) is 3.32. The molecule has 1 aliphatic rings. The molecule has 1 aromatic carbocycles. The Morgan fingerprint density at radius 1 is 1.26 bits per heavy atom. The number of guanidine groups is 1. The van der Waals surface area contributed by atoms with Gasteiger partial charge in [-0.15, -0.1) is 0 Å². The number of hydrogen-bond acceptors (Lipinski definition) is 3. The fraction of sp³-hybridized carbons (Fsp3) is 0.500. The summed E-state index contributed by atoms with van der Waals surface area (Å²) in [5, 5.41) is 5.96.